The first-order valence-electron chi connectivity index (χ1n) is 10.4. The lowest BCUT2D eigenvalue weighted by Gasteiger charge is -2.25. The van der Waals surface area contributed by atoms with Gasteiger partial charge in [-0.1, -0.05) is 30.3 Å². The van der Waals surface area contributed by atoms with Crippen LogP contribution >= 0.6 is 12.2 Å². The highest BCUT2D eigenvalue weighted by Crippen LogP contribution is 2.41. The van der Waals surface area contributed by atoms with Crippen LogP contribution in [0.1, 0.15) is 39.6 Å². The van der Waals surface area contributed by atoms with E-state index in [9.17, 15) is 9.90 Å². The van der Waals surface area contributed by atoms with Crippen LogP contribution < -0.4 is 5.32 Å². The van der Waals surface area contributed by atoms with E-state index in [0.29, 0.717) is 28.7 Å². The molecule has 1 aliphatic heterocycles. The van der Waals surface area contributed by atoms with Crippen molar-refractivity contribution in [2.45, 2.75) is 18.6 Å². The minimum Gasteiger partial charge on any atom is -0.478 e. The van der Waals surface area contributed by atoms with Gasteiger partial charge >= 0.3 is 5.97 Å². The summed E-state index contributed by atoms with van der Waals surface area (Å²) in [5.74, 6) is 0.137. The number of benzene rings is 1. The van der Waals surface area contributed by atoms with Gasteiger partial charge in [0, 0.05) is 18.0 Å². The molecule has 4 aromatic rings. The number of aromatic nitrogens is 2. The summed E-state index contributed by atoms with van der Waals surface area (Å²) in [5.41, 5.74) is 2.41. The van der Waals surface area contributed by atoms with Crippen LogP contribution in [0.4, 0.5) is 0 Å². The molecule has 2 N–H and O–H groups in total. The van der Waals surface area contributed by atoms with Crippen LogP contribution in [0, 0.1) is 0 Å². The van der Waals surface area contributed by atoms with Crippen molar-refractivity contribution in [2.75, 3.05) is 0 Å². The predicted molar refractivity (Wildman–Crippen MR) is 126 cm³/mol. The molecule has 0 amide bonds. The molecule has 0 aliphatic carbocycles. The van der Waals surface area contributed by atoms with Gasteiger partial charge in [-0.2, -0.15) is 0 Å². The molecule has 1 fully saturated rings. The second kappa shape index (κ2) is 8.84. The van der Waals surface area contributed by atoms with Crippen LogP contribution in [-0.4, -0.2) is 31.1 Å². The van der Waals surface area contributed by atoms with Gasteiger partial charge in [0.15, 0.2) is 5.11 Å². The number of nitrogens with zero attached hydrogens (tertiary/aromatic N) is 3. The first kappa shape index (κ1) is 20.8. The third-order valence-corrected chi connectivity index (χ3v) is 5.95. The number of nitrogens with one attached hydrogen (secondary N) is 1. The second-order valence-electron chi connectivity index (χ2n) is 7.63. The van der Waals surface area contributed by atoms with E-state index in [4.69, 9.17) is 16.6 Å². The van der Waals surface area contributed by atoms with Crippen molar-refractivity contribution in [3.63, 3.8) is 0 Å². The topological polar surface area (TPSA) is 91.5 Å². The molecule has 5 rings (SSSR count). The van der Waals surface area contributed by atoms with Gasteiger partial charge in [0.05, 0.1) is 29.5 Å². The molecular formula is C25H20N4O3S. The Morgan fingerprint density at radius 3 is 2.48 bits per heavy atom. The first-order valence-corrected chi connectivity index (χ1v) is 10.8. The van der Waals surface area contributed by atoms with E-state index < -0.39 is 5.97 Å². The minimum atomic E-state index is -1.00. The third kappa shape index (κ3) is 4.08. The van der Waals surface area contributed by atoms with Crippen LogP contribution in [0.3, 0.4) is 0 Å². The maximum absolute atomic E-state index is 11.7. The molecule has 3 aromatic heterocycles. The quantitative estimate of drug-likeness (QED) is 0.407. The smallest absolute Gasteiger partial charge is 0.336 e. The van der Waals surface area contributed by atoms with E-state index in [1.165, 1.54) is 0 Å². The number of thiocarbonyl (C=S) groups is 1. The van der Waals surface area contributed by atoms with Crippen molar-refractivity contribution in [2.24, 2.45) is 0 Å². The van der Waals surface area contributed by atoms with Gasteiger partial charge in [0.1, 0.15) is 17.6 Å². The number of carboxylic acids is 1. The number of pyridine rings is 2. The molecule has 0 saturated carbocycles. The number of carbonyl (C=O) groups is 1. The number of hydrogen-bond donors (Lipinski definition) is 2. The van der Waals surface area contributed by atoms with Gasteiger partial charge in [-0.3, -0.25) is 9.97 Å². The van der Waals surface area contributed by atoms with Gasteiger partial charge in [-0.15, -0.1) is 0 Å². The predicted octanol–water partition coefficient (Wildman–Crippen LogP) is 4.61. The first-order chi connectivity index (χ1) is 16.1. The zero-order chi connectivity index (χ0) is 22.8. The summed E-state index contributed by atoms with van der Waals surface area (Å²) in [5, 5.41) is 13.5. The van der Waals surface area contributed by atoms with Crippen molar-refractivity contribution in [1.82, 2.24) is 20.2 Å². The molecule has 1 aromatic carbocycles. The third-order valence-electron chi connectivity index (χ3n) is 5.60. The van der Waals surface area contributed by atoms with E-state index in [2.05, 4.69) is 15.3 Å². The normalized spacial score (nSPS) is 17.7. The van der Waals surface area contributed by atoms with Crippen LogP contribution in [-0.2, 0) is 6.54 Å². The summed E-state index contributed by atoms with van der Waals surface area (Å²) in [6.45, 7) is 0.489. The van der Waals surface area contributed by atoms with E-state index in [1.54, 1.807) is 42.7 Å². The van der Waals surface area contributed by atoms with Crippen LogP contribution in [0.5, 0.6) is 0 Å². The molecule has 7 nitrogen and oxygen atoms in total. The number of hydrogen-bond acceptors (Lipinski definition) is 5. The summed E-state index contributed by atoms with van der Waals surface area (Å²) in [4.78, 5) is 22.7. The number of furan rings is 1. The molecule has 1 saturated heterocycles. The summed E-state index contributed by atoms with van der Waals surface area (Å²) in [6.07, 6.45) is 3.50. The molecule has 0 bridgehead atoms. The lowest BCUT2D eigenvalue weighted by Crippen LogP contribution is -2.29. The average Bonchev–Trinajstić information content (AvgIpc) is 3.45. The molecule has 33 heavy (non-hydrogen) atoms. The Hall–Kier alpha value is -4.04. The minimum absolute atomic E-state index is 0.185. The van der Waals surface area contributed by atoms with Gasteiger partial charge < -0.3 is 19.7 Å². The van der Waals surface area contributed by atoms with Crippen molar-refractivity contribution in [3.8, 4) is 11.3 Å². The Morgan fingerprint density at radius 1 is 1.00 bits per heavy atom. The van der Waals surface area contributed by atoms with E-state index >= 15 is 0 Å². The molecule has 1 aliphatic rings. The Labute approximate surface area is 195 Å². The van der Waals surface area contributed by atoms with Gasteiger partial charge in [0.2, 0.25) is 0 Å². The highest BCUT2D eigenvalue weighted by Gasteiger charge is 2.42. The molecule has 0 radical (unpaired) electrons. The number of carboxylic acid groups (broad SMARTS) is 1. The van der Waals surface area contributed by atoms with Crippen LogP contribution in [0.25, 0.3) is 11.3 Å². The maximum atomic E-state index is 11.7. The molecular weight excluding hydrogens is 436 g/mol. The zero-order valence-electron chi connectivity index (χ0n) is 17.5. The zero-order valence-corrected chi connectivity index (χ0v) is 18.3. The molecule has 0 spiro atoms. The lowest BCUT2D eigenvalue weighted by atomic mass is 10.0. The van der Waals surface area contributed by atoms with E-state index in [1.807, 2.05) is 47.4 Å². The second-order valence-corrected chi connectivity index (χ2v) is 8.02. The van der Waals surface area contributed by atoms with Crippen molar-refractivity contribution < 1.29 is 14.3 Å². The van der Waals surface area contributed by atoms with E-state index in [-0.39, 0.29) is 17.6 Å². The highest BCUT2D eigenvalue weighted by molar-refractivity contribution is 7.80. The standard InChI is InChI=1S/C25H20N4O3S/c30-24(31)18-9-2-1-8-17(18)20-11-12-21(32-20)23-22(19-10-4-6-14-27-19)28-25(33)29(23)15-16-7-3-5-13-26-16/h1-14,22-23H,15H2,(H,28,33)(H,30,31). The summed E-state index contributed by atoms with van der Waals surface area (Å²) in [6, 6.07) is 21.4. The van der Waals surface area contributed by atoms with Crippen LogP contribution in [0.15, 0.2) is 89.6 Å². The Balaban J connectivity index is 1.56. The number of rotatable bonds is 6. The summed E-state index contributed by atoms with van der Waals surface area (Å²) < 4.78 is 6.26. The van der Waals surface area contributed by atoms with Gasteiger partial charge in [0.25, 0.3) is 0 Å². The monoisotopic (exact) mass is 456 g/mol. The van der Waals surface area contributed by atoms with Gasteiger partial charge in [-0.05, 0) is 54.7 Å². The van der Waals surface area contributed by atoms with Crippen molar-refractivity contribution >= 4 is 23.3 Å². The molecule has 2 atom stereocenters. The van der Waals surface area contributed by atoms with E-state index in [0.717, 1.165) is 11.4 Å². The molecule has 2 unspecified atom stereocenters. The highest BCUT2D eigenvalue weighted by atomic mass is 32.1. The SMILES string of the molecule is O=C(O)c1ccccc1-c1ccc(C2C(c3ccccn3)NC(=S)N2Cc2ccccn2)o1. The Kier molecular flexibility index (Phi) is 5.58. The fourth-order valence-electron chi connectivity index (χ4n) is 4.09. The molecule has 8 heteroatoms. The molecule has 164 valence electrons. The average molecular weight is 457 g/mol. The fourth-order valence-corrected chi connectivity index (χ4v) is 4.40. The van der Waals surface area contributed by atoms with Crippen molar-refractivity contribution in [1.29, 1.82) is 0 Å². The van der Waals surface area contributed by atoms with Crippen molar-refractivity contribution in [3.05, 3.63) is 108 Å². The number of aromatic carboxylic acids is 1. The Morgan fingerprint density at radius 2 is 1.76 bits per heavy atom. The summed E-state index contributed by atoms with van der Waals surface area (Å²) in [7, 11) is 0. The molecule has 4 heterocycles. The lowest BCUT2D eigenvalue weighted by molar-refractivity contribution is 0.0697. The Bertz CT molecular complexity index is 1290. The largest absolute Gasteiger partial charge is 0.478 e. The summed E-state index contributed by atoms with van der Waals surface area (Å²) >= 11 is 5.69. The maximum Gasteiger partial charge on any atom is 0.336 e. The fraction of sp³-hybridized carbons (Fsp3) is 0.120. The van der Waals surface area contributed by atoms with Gasteiger partial charge in [-0.25, -0.2) is 4.79 Å². The van der Waals surface area contributed by atoms with Crippen LogP contribution in [0.2, 0.25) is 0 Å².